The monoisotopic (exact) mass is 246 g/mol. The highest BCUT2D eigenvalue weighted by Crippen LogP contribution is 2.28. The van der Waals surface area contributed by atoms with E-state index in [0.29, 0.717) is 5.75 Å². The van der Waals surface area contributed by atoms with Crippen LogP contribution in [0.3, 0.4) is 0 Å². The smallest absolute Gasteiger partial charge is 0.341 e. The number of benzene rings is 2. The Morgan fingerprint density at radius 1 is 1.22 bits per heavy atom. The van der Waals surface area contributed by atoms with E-state index >= 15 is 0 Å². The third-order valence-electron chi connectivity index (χ3n) is 2.66. The molecule has 18 heavy (non-hydrogen) atoms. The van der Waals surface area contributed by atoms with E-state index in [0.717, 1.165) is 10.8 Å². The SMILES string of the molecule is CCOC(=O)c1cc2cc(OC)ccc2cc1O. The summed E-state index contributed by atoms with van der Waals surface area (Å²) in [6.07, 6.45) is 0. The molecule has 2 aromatic rings. The number of phenolic OH excluding ortho intramolecular Hbond substituents is 1. The molecular formula is C14H14O4. The normalized spacial score (nSPS) is 10.3. The molecule has 0 spiro atoms. The number of esters is 1. The van der Waals surface area contributed by atoms with Crippen molar-refractivity contribution in [3.05, 3.63) is 35.9 Å². The second-order valence-corrected chi connectivity index (χ2v) is 3.80. The van der Waals surface area contributed by atoms with Crippen LogP contribution in [-0.4, -0.2) is 24.8 Å². The molecule has 1 N–H and O–H groups in total. The fraction of sp³-hybridized carbons (Fsp3) is 0.214. The minimum absolute atomic E-state index is 0.0777. The molecule has 0 saturated carbocycles. The van der Waals surface area contributed by atoms with E-state index < -0.39 is 5.97 Å². The Hall–Kier alpha value is -2.23. The Balaban J connectivity index is 2.54. The molecule has 0 radical (unpaired) electrons. The van der Waals surface area contributed by atoms with Gasteiger partial charge in [-0.3, -0.25) is 0 Å². The summed E-state index contributed by atoms with van der Waals surface area (Å²) in [7, 11) is 1.58. The van der Waals surface area contributed by atoms with Gasteiger partial charge in [-0.05, 0) is 42.0 Å². The van der Waals surface area contributed by atoms with Gasteiger partial charge in [-0.15, -0.1) is 0 Å². The minimum atomic E-state index is -0.528. The van der Waals surface area contributed by atoms with Crippen molar-refractivity contribution in [2.45, 2.75) is 6.92 Å². The van der Waals surface area contributed by atoms with Gasteiger partial charge in [0.15, 0.2) is 0 Å². The van der Waals surface area contributed by atoms with E-state index in [-0.39, 0.29) is 17.9 Å². The molecule has 0 unspecified atom stereocenters. The molecular weight excluding hydrogens is 232 g/mol. The molecule has 94 valence electrons. The summed E-state index contributed by atoms with van der Waals surface area (Å²) in [5, 5.41) is 11.4. The van der Waals surface area contributed by atoms with Crippen LogP contribution < -0.4 is 4.74 Å². The number of carbonyl (C=O) groups excluding carboxylic acids is 1. The number of aromatic hydroxyl groups is 1. The highest BCUT2D eigenvalue weighted by molar-refractivity contribution is 5.98. The van der Waals surface area contributed by atoms with E-state index in [1.54, 1.807) is 38.3 Å². The van der Waals surface area contributed by atoms with Gasteiger partial charge in [0.25, 0.3) is 0 Å². The van der Waals surface area contributed by atoms with Gasteiger partial charge in [0, 0.05) is 0 Å². The van der Waals surface area contributed by atoms with Gasteiger partial charge in [0.05, 0.1) is 13.7 Å². The Morgan fingerprint density at radius 3 is 2.67 bits per heavy atom. The summed E-state index contributed by atoms with van der Waals surface area (Å²) in [5.41, 5.74) is 0.164. The van der Waals surface area contributed by atoms with Crippen LogP contribution in [0, 0.1) is 0 Å². The molecule has 0 heterocycles. The summed E-state index contributed by atoms with van der Waals surface area (Å²) in [6.45, 7) is 1.99. The van der Waals surface area contributed by atoms with E-state index in [2.05, 4.69) is 0 Å². The molecule has 0 aliphatic heterocycles. The van der Waals surface area contributed by atoms with Crippen molar-refractivity contribution in [3.63, 3.8) is 0 Å². The summed E-state index contributed by atoms with van der Waals surface area (Å²) < 4.78 is 10.0. The molecule has 2 aromatic carbocycles. The van der Waals surface area contributed by atoms with Crippen LogP contribution in [0.5, 0.6) is 11.5 Å². The standard InChI is InChI=1S/C14H14O4/c1-3-18-14(16)12-7-10-6-11(17-2)5-4-9(10)8-13(12)15/h4-8,15H,3H2,1-2H3. The summed E-state index contributed by atoms with van der Waals surface area (Å²) in [6, 6.07) is 8.57. The lowest BCUT2D eigenvalue weighted by molar-refractivity contribution is 0.0523. The van der Waals surface area contributed by atoms with Crippen molar-refractivity contribution in [3.8, 4) is 11.5 Å². The average molecular weight is 246 g/mol. The first-order valence-electron chi connectivity index (χ1n) is 5.63. The van der Waals surface area contributed by atoms with Crippen LogP contribution in [0.25, 0.3) is 10.8 Å². The maximum atomic E-state index is 11.7. The largest absolute Gasteiger partial charge is 0.507 e. The van der Waals surface area contributed by atoms with Crippen LogP contribution in [0.15, 0.2) is 30.3 Å². The number of hydrogen-bond donors (Lipinski definition) is 1. The number of rotatable bonds is 3. The second kappa shape index (κ2) is 4.96. The van der Waals surface area contributed by atoms with Crippen molar-refractivity contribution in [2.75, 3.05) is 13.7 Å². The maximum absolute atomic E-state index is 11.7. The van der Waals surface area contributed by atoms with Gasteiger partial charge < -0.3 is 14.6 Å². The molecule has 0 aliphatic carbocycles. The van der Waals surface area contributed by atoms with Gasteiger partial charge >= 0.3 is 5.97 Å². The summed E-state index contributed by atoms with van der Waals surface area (Å²) in [4.78, 5) is 11.7. The zero-order chi connectivity index (χ0) is 13.1. The third-order valence-corrected chi connectivity index (χ3v) is 2.66. The topological polar surface area (TPSA) is 55.8 Å². The molecule has 0 aliphatic rings. The lowest BCUT2D eigenvalue weighted by Gasteiger charge is -2.07. The van der Waals surface area contributed by atoms with Crippen LogP contribution in [-0.2, 0) is 4.74 Å². The van der Waals surface area contributed by atoms with Gasteiger partial charge in [0.1, 0.15) is 17.1 Å². The van der Waals surface area contributed by atoms with Crippen LogP contribution in [0.2, 0.25) is 0 Å². The quantitative estimate of drug-likeness (QED) is 0.846. The lowest BCUT2D eigenvalue weighted by Crippen LogP contribution is -2.04. The summed E-state index contributed by atoms with van der Waals surface area (Å²) >= 11 is 0. The first kappa shape index (κ1) is 12.2. The number of fused-ring (bicyclic) bond motifs is 1. The molecule has 0 atom stereocenters. The second-order valence-electron chi connectivity index (χ2n) is 3.80. The molecule has 0 fully saturated rings. The van der Waals surface area contributed by atoms with E-state index in [1.807, 2.05) is 6.07 Å². The fourth-order valence-corrected chi connectivity index (χ4v) is 1.76. The molecule has 0 aromatic heterocycles. The number of phenols is 1. The van der Waals surface area contributed by atoms with Gasteiger partial charge in [-0.2, -0.15) is 0 Å². The Morgan fingerprint density at radius 2 is 2.00 bits per heavy atom. The van der Waals surface area contributed by atoms with Crippen molar-refractivity contribution in [1.82, 2.24) is 0 Å². The maximum Gasteiger partial charge on any atom is 0.341 e. The molecule has 0 saturated heterocycles. The van der Waals surface area contributed by atoms with Crippen molar-refractivity contribution in [2.24, 2.45) is 0 Å². The minimum Gasteiger partial charge on any atom is -0.507 e. The van der Waals surface area contributed by atoms with E-state index in [1.165, 1.54) is 0 Å². The highest BCUT2D eigenvalue weighted by Gasteiger charge is 2.13. The number of methoxy groups -OCH3 is 1. The predicted octanol–water partition coefficient (Wildman–Crippen LogP) is 2.73. The Labute approximate surface area is 105 Å². The first-order valence-corrected chi connectivity index (χ1v) is 5.63. The van der Waals surface area contributed by atoms with Gasteiger partial charge in [0.2, 0.25) is 0 Å². The zero-order valence-corrected chi connectivity index (χ0v) is 10.3. The first-order chi connectivity index (χ1) is 8.65. The molecule has 4 nitrogen and oxygen atoms in total. The fourth-order valence-electron chi connectivity index (χ4n) is 1.76. The van der Waals surface area contributed by atoms with E-state index in [9.17, 15) is 9.90 Å². The third kappa shape index (κ3) is 2.22. The average Bonchev–Trinajstić information content (AvgIpc) is 2.37. The molecule has 4 heteroatoms. The van der Waals surface area contributed by atoms with Crippen LogP contribution in [0.4, 0.5) is 0 Å². The zero-order valence-electron chi connectivity index (χ0n) is 10.3. The molecule has 0 bridgehead atoms. The van der Waals surface area contributed by atoms with Gasteiger partial charge in [-0.25, -0.2) is 4.79 Å². The Bertz CT molecular complexity index is 590. The highest BCUT2D eigenvalue weighted by atomic mass is 16.5. The Kier molecular flexibility index (Phi) is 3.37. The lowest BCUT2D eigenvalue weighted by atomic mass is 10.1. The van der Waals surface area contributed by atoms with Gasteiger partial charge in [-0.1, -0.05) is 6.07 Å². The predicted molar refractivity (Wildman–Crippen MR) is 68.1 cm³/mol. The van der Waals surface area contributed by atoms with E-state index in [4.69, 9.17) is 9.47 Å². The molecule has 2 rings (SSSR count). The van der Waals surface area contributed by atoms with Crippen molar-refractivity contribution in [1.29, 1.82) is 0 Å². The van der Waals surface area contributed by atoms with Crippen molar-refractivity contribution < 1.29 is 19.4 Å². The number of ether oxygens (including phenoxy) is 2. The van der Waals surface area contributed by atoms with Crippen LogP contribution in [0.1, 0.15) is 17.3 Å². The van der Waals surface area contributed by atoms with Crippen LogP contribution >= 0.6 is 0 Å². The number of hydrogen-bond acceptors (Lipinski definition) is 4. The summed E-state index contributed by atoms with van der Waals surface area (Å²) in [5.74, 6) is 0.0915. The molecule has 0 amide bonds. The van der Waals surface area contributed by atoms with Crippen molar-refractivity contribution >= 4 is 16.7 Å². The number of carbonyl (C=O) groups is 1.